The number of benzene rings is 1. The Hall–Kier alpha value is -2.73. The number of H-pyrrole nitrogens is 1. The Balaban J connectivity index is 2.22. The number of methoxy groups -OCH3 is 1. The third kappa shape index (κ3) is 3.29. The molecule has 1 aliphatic rings. The minimum Gasteiger partial charge on any atom is -0.379 e. The van der Waals surface area contributed by atoms with E-state index in [0.717, 1.165) is 16.3 Å². The van der Waals surface area contributed by atoms with Crippen molar-refractivity contribution in [1.29, 1.82) is 0 Å². The van der Waals surface area contributed by atoms with E-state index in [0.29, 0.717) is 18.3 Å². The lowest BCUT2D eigenvalue weighted by molar-refractivity contribution is -0.137. The molecule has 0 amide bonds. The molecule has 0 spiro atoms. The summed E-state index contributed by atoms with van der Waals surface area (Å²) in [6.45, 7) is -0.0350. The van der Waals surface area contributed by atoms with Crippen molar-refractivity contribution in [3.63, 3.8) is 0 Å². The molecule has 3 aromatic rings. The summed E-state index contributed by atoms with van der Waals surface area (Å²) in [6, 6.07) is 0.977. The van der Waals surface area contributed by atoms with Crippen LogP contribution in [0.25, 0.3) is 22.2 Å². The Morgan fingerprint density at radius 2 is 2.00 bits per heavy atom. The first-order valence-corrected chi connectivity index (χ1v) is 9.48. The van der Waals surface area contributed by atoms with Gasteiger partial charge in [-0.05, 0) is 6.07 Å². The molecule has 1 N–H and O–H groups in total. The molecule has 0 saturated heterocycles. The second-order valence-electron chi connectivity index (χ2n) is 6.54. The summed E-state index contributed by atoms with van der Waals surface area (Å²) in [4.78, 5) is 30.1. The molecule has 2 aromatic heterocycles. The number of pyridine rings is 1. The van der Waals surface area contributed by atoms with Gasteiger partial charge in [0.05, 0.1) is 35.3 Å². The Labute approximate surface area is 168 Å². The summed E-state index contributed by atoms with van der Waals surface area (Å²) in [5.74, 6) is -2.24. The van der Waals surface area contributed by atoms with Gasteiger partial charge in [-0.3, -0.25) is 19.3 Å². The summed E-state index contributed by atoms with van der Waals surface area (Å²) >= 11 is 0.879. The predicted molar refractivity (Wildman–Crippen MR) is 98.5 cm³/mol. The van der Waals surface area contributed by atoms with Gasteiger partial charge in [0.25, 0.3) is 5.56 Å². The van der Waals surface area contributed by atoms with Crippen LogP contribution in [0.2, 0.25) is 0 Å². The second-order valence-corrected chi connectivity index (χ2v) is 7.57. The smallest absolute Gasteiger partial charge is 0.379 e. The van der Waals surface area contributed by atoms with E-state index in [4.69, 9.17) is 4.74 Å². The molecule has 0 bridgehead atoms. The highest BCUT2D eigenvalue weighted by Gasteiger charge is 2.39. The Morgan fingerprint density at radius 1 is 1.27 bits per heavy atom. The lowest BCUT2D eigenvalue weighted by Gasteiger charge is -2.19. The molecule has 4 rings (SSSR count). The summed E-state index contributed by atoms with van der Waals surface area (Å²) < 4.78 is 76.0. The zero-order valence-electron chi connectivity index (χ0n) is 15.1. The monoisotopic (exact) mass is 445 g/mol. The van der Waals surface area contributed by atoms with Crippen molar-refractivity contribution in [2.45, 2.75) is 23.7 Å². The van der Waals surface area contributed by atoms with E-state index in [1.54, 1.807) is 0 Å². The van der Waals surface area contributed by atoms with Gasteiger partial charge in [-0.1, -0.05) is 0 Å². The van der Waals surface area contributed by atoms with Gasteiger partial charge in [0.15, 0.2) is 5.82 Å². The number of thioether (sulfide) groups is 1. The lowest BCUT2D eigenvalue weighted by atomic mass is 9.99. The van der Waals surface area contributed by atoms with Gasteiger partial charge in [-0.15, -0.1) is 11.8 Å². The number of halogens is 5. The molecule has 0 aliphatic carbocycles. The van der Waals surface area contributed by atoms with Crippen LogP contribution in [0.3, 0.4) is 0 Å². The van der Waals surface area contributed by atoms with Gasteiger partial charge >= 0.3 is 11.9 Å². The van der Waals surface area contributed by atoms with Gasteiger partial charge < -0.3 is 4.74 Å². The van der Waals surface area contributed by atoms with Crippen molar-refractivity contribution in [1.82, 2.24) is 14.5 Å². The maximum Gasteiger partial charge on any atom is 0.417 e. The van der Waals surface area contributed by atoms with E-state index < -0.39 is 52.0 Å². The zero-order valence-corrected chi connectivity index (χ0v) is 16.0. The van der Waals surface area contributed by atoms with Gasteiger partial charge in [0.1, 0.15) is 11.5 Å². The molecule has 0 unspecified atom stereocenters. The van der Waals surface area contributed by atoms with Crippen LogP contribution in [-0.4, -0.2) is 33.5 Å². The Morgan fingerprint density at radius 3 is 2.63 bits per heavy atom. The Bertz CT molecular complexity index is 1290. The number of ether oxygens (including phenoxy) is 1. The molecule has 1 atom stereocenters. The lowest BCUT2D eigenvalue weighted by Crippen LogP contribution is -2.34. The SMILES string of the molecule is CO[C@@H]1CSc2c(-c3ncc(F)cc3F)c(C(F)(F)F)cc3c(=O)[nH]c(=O)n(c23)C1. The van der Waals surface area contributed by atoms with Crippen molar-refractivity contribution >= 4 is 22.7 Å². The van der Waals surface area contributed by atoms with Crippen LogP contribution in [0.15, 0.2) is 32.8 Å². The molecule has 6 nitrogen and oxygen atoms in total. The van der Waals surface area contributed by atoms with E-state index in [1.165, 1.54) is 7.11 Å². The number of hydrogen-bond acceptors (Lipinski definition) is 5. The number of aromatic amines is 1. The topological polar surface area (TPSA) is 77.0 Å². The molecule has 0 radical (unpaired) electrons. The molecule has 0 saturated carbocycles. The van der Waals surface area contributed by atoms with Crippen LogP contribution in [0.1, 0.15) is 5.56 Å². The number of nitrogens with one attached hydrogen (secondary N) is 1. The second kappa shape index (κ2) is 7.20. The number of aromatic nitrogens is 3. The predicted octanol–water partition coefficient (Wildman–Crippen LogP) is 3.17. The highest BCUT2D eigenvalue weighted by molar-refractivity contribution is 7.99. The van der Waals surface area contributed by atoms with Crippen molar-refractivity contribution < 1.29 is 26.7 Å². The van der Waals surface area contributed by atoms with Crippen LogP contribution in [0.4, 0.5) is 22.0 Å². The van der Waals surface area contributed by atoms with E-state index in [2.05, 4.69) is 4.98 Å². The molecule has 158 valence electrons. The van der Waals surface area contributed by atoms with Crippen LogP contribution in [-0.2, 0) is 17.5 Å². The number of alkyl halides is 3. The van der Waals surface area contributed by atoms with Crippen LogP contribution in [0.5, 0.6) is 0 Å². The van der Waals surface area contributed by atoms with Gasteiger partial charge in [-0.2, -0.15) is 13.2 Å². The van der Waals surface area contributed by atoms with Crippen molar-refractivity contribution in [3.8, 4) is 11.3 Å². The molecular weight excluding hydrogens is 433 g/mol. The van der Waals surface area contributed by atoms with Crippen molar-refractivity contribution in [2.75, 3.05) is 12.9 Å². The molecule has 0 fully saturated rings. The number of hydrogen-bond donors (Lipinski definition) is 1. The quantitative estimate of drug-likeness (QED) is 0.614. The van der Waals surface area contributed by atoms with Crippen molar-refractivity contribution in [3.05, 3.63) is 56.4 Å². The Kier molecular flexibility index (Phi) is 4.93. The summed E-state index contributed by atoms with van der Waals surface area (Å²) in [5.41, 5.74) is -4.63. The van der Waals surface area contributed by atoms with Crippen LogP contribution in [0, 0.1) is 11.6 Å². The minimum absolute atomic E-state index is 0.0350. The minimum atomic E-state index is -4.98. The van der Waals surface area contributed by atoms with Crippen LogP contribution >= 0.6 is 11.8 Å². The van der Waals surface area contributed by atoms with Crippen LogP contribution < -0.4 is 11.2 Å². The fourth-order valence-corrected chi connectivity index (χ4v) is 4.67. The average molecular weight is 445 g/mol. The molecule has 3 heterocycles. The van der Waals surface area contributed by atoms with Gasteiger partial charge in [-0.25, -0.2) is 13.6 Å². The number of nitrogens with zero attached hydrogens (tertiary/aromatic N) is 2. The third-order valence-corrected chi connectivity index (χ3v) is 5.94. The summed E-state index contributed by atoms with van der Waals surface area (Å²) in [5, 5.41) is -0.382. The molecule has 1 aromatic carbocycles. The highest BCUT2D eigenvalue weighted by atomic mass is 32.2. The number of rotatable bonds is 2. The third-order valence-electron chi connectivity index (χ3n) is 4.72. The maximum absolute atomic E-state index is 14.5. The van der Waals surface area contributed by atoms with Gasteiger partial charge in [0.2, 0.25) is 0 Å². The van der Waals surface area contributed by atoms with E-state index >= 15 is 0 Å². The first-order valence-electron chi connectivity index (χ1n) is 8.50. The summed E-state index contributed by atoms with van der Waals surface area (Å²) in [7, 11) is 1.37. The van der Waals surface area contributed by atoms with E-state index in [9.17, 15) is 31.5 Å². The first kappa shape index (κ1) is 20.5. The fraction of sp³-hybridized carbons (Fsp3) is 0.278. The summed E-state index contributed by atoms with van der Waals surface area (Å²) in [6.07, 6.45) is -4.95. The van der Waals surface area contributed by atoms with E-state index in [1.807, 2.05) is 4.98 Å². The van der Waals surface area contributed by atoms with E-state index in [-0.39, 0.29) is 28.1 Å². The van der Waals surface area contributed by atoms with Gasteiger partial charge in [0, 0.05) is 29.4 Å². The molecule has 1 aliphatic heterocycles. The molecular formula is C18H12F5N3O3S. The highest BCUT2D eigenvalue weighted by Crippen LogP contribution is 2.46. The molecule has 30 heavy (non-hydrogen) atoms. The largest absolute Gasteiger partial charge is 0.417 e. The van der Waals surface area contributed by atoms with Crippen molar-refractivity contribution in [2.24, 2.45) is 0 Å². The molecule has 12 heteroatoms. The normalized spacial score (nSPS) is 16.7. The average Bonchev–Trinajstić information content (AvgIpc) is 2.86. The fourth-order valence-electron chi connectivity index (χ4n) is 3.37. The maximum atomic E-state index is 14.5. The zero-order chi connectivity index (χ0) is 21.8. The standard InChI is InChI=1S/C18H12F5N3O3S/c1-29-8-5-26-14-9(16(27)25-17(26)28)3-10(18(21,22)23)12(15(14)30-6-8)13-11(20)2-7(19)4-24-13/h2-4,8H,5-6H2,1H3,(H,25,27,28)/t8-/m0/s1. The first-order chi connectivity index (χ1) is 14.1.